The van der Waals surface area contributed by atoms with Crippen LogP contribution in [0.25, 0.3) is 0 Å². The highest BCUT2D eigenvalue weighted by molar-refractivity contribution is 5.79. The van der Waals surface area contributed by atoms with Gasteiger partial charge in [0.05, 0.1) is 12.2 Å². The predicted octanol–water partition coefficient (Wildman–Crippen LogP) is 2.53. The van der Waals surface area contributed by atoms with Crippen molar-refractivity contribution in [1.29, 1.82) is 0 Å². The first-order chi connectivity index (χ1) is 13.1. The average Bonchev–Trinajstić information content (AvgIpc) is 3.10. The Kier molecular flexibility index (Phi) is 6.50. The summed E-state index contributed by atoms with van der Waals surface area (Å²) >= 11 is 0. The molecule has 1 aliphatic rings. The van der Waals surface area contributed by atoms with Crippen LogP contribution in [0.5, 0.6) is 0 Å². The fraction of sp³-hybridized carbons (Fsp3) is 0.524. The number of hydrogen-bond donors (Lipinski definition) is 2. The van der Waals surface area contributed by atoms with Gasteiger partial charge in [0.15, 0.2) is 5.96 Å². The van der Waals surface area contributed by atoms with Gasteiger partial charge in [-0.2, -0.15) is 5.10 Å². The van der Waals surface area contributed by atoms with E-state index in [2.05, 4.69) is 53.8 Å². The number of ether oxygens (including phenoxy) is 1. The molecule has 0 spiro atoms. The molecule has 1 aliphatic heterocycles. The lowest BCUT2D eigenvalue weighted by molar-refractivity contribution is 0.0512. The third-order valence-electron chi connectivity index (χ3n) is 5.43. The second-order valence-electron chi connectivity index (χ2n) is 7.20. The Morgan fingerprint density at radius 1 is 1.22 bits per heavy atom. The van der Waals surface area contributed by atoms with Crippen molar-refractivity contribution < 1.29 is 4.74 Å². The molecule has 0 aliphatic carbocycles. The number of benzene rings is 1. The minimum absolute atomic E-state index is 0.0757. The van der Waals surface area contributed by atoms with Crippen LogP contribution < -0.4 is 10.6 Å². The summed E-state index contributed by atoms with van der Waals surface area (Å²) in [7, 11) is 1.94. The molecule has 0 amide bonds. The molecular weight excluding hydrogens is 338 g/mol. The van der Waals surface area contributed by atoms with Crippen molar-refractivity contribution in [1.82, 2.24) is 20.4 Å². The van der Waals surface area contributed by atoms with E-state index in [-0.39, 0.29) is 5.41 Å². The zero-order valence-corrected chi connectivity index (χ0v) is 16.7. The van der Waals surface area contributed by atoms with Gasteiger partial charge in [-0.1, -0.05) is 24.3 Å². The van der Waals surface area contributed by atoms with Gasteiger partial charge in [0.2, 0.25) is 0 Å². The number of aromatic nitrogens is 2. The number of aliphatic imine (C=N–C) groups is 1. The molecule has 0 saturated carbocycles. The van der Waals surface area contributed by atoms with E-state index in [9.17, 15) is 0 Å². The highest BCUT2D eigenvalue weighted by Gasteiger charge is 2.35. The van der Waals surface area contributed by atoms with E-state index in [1.165, 1.54) is 11.1 Å². The van der Waals surface area contributed by atoms with Crippen LogP contribution >= 0.6 is 0 Å². The SMILES string of the molecule is CCNC(=NCc1ccnn1C)NCC1(c2ccccc2C)CCOCC1. The van der Waals surface area contributed by atoms with Crippen molar-refractivity contribution in [2.45, 2.75) is 38.6 Å². The van der Waals surface area contributed by atoms with Gasteiger partial charge >= 0.3 is 0 Å². The molecule has 2 N–H and O–H groups in total. The highest BCUT2D eigenvalue weighted by Crippen LogP contribution is 2.36. The molecule has 0 atom stereocenters. The Balaban J connectivity index is 1.76. The van der Waals surface area contributed by atoms with Gasteiger partial charge in [-0.15, -0.1) is 0 Å². The third-order valence-corrected chi connectivity index (χ3v) is 5.43. The Hall–Kier alpha value is -2.34. The molecule has 3 rings (SSSR count). The average molecular weight is 370 g/mol. The van der Waals surface area contributed by atoms with Crippen molar-refractivity contribution in [3.63, 3.8) is 0 Å². The van der Waals surface area contributed by atoms with Gasteiger partial charge in [-0.3, -0.25) is 4.68 Å². The van der Waals surface area contributed by atoms with E-state index < -0.39 is 0 Å². The Morgan fingerprint density at radius 3 is 2.67 bits per heavy atom. The van der Waals surface area contributed by atoms with Gasteiger partial charge in [-0.05, 0) is 43.9 Å². The van der Waals surface area contributed by atoms with Crippen LogP contribution in [-0.4, -0.2) is 42.0 Å². The van der Waals surface area contributed by atoms with Crippen molar-refractivity contribution >= 4 is 5.96 Å². The van der Waals surface area contributed by atoms with E-state index >= 15 is 0 Å². The minimum Gasteiger partial charge on any atom is -0.381 e. The van der Waals surface area contributed by atoms with Gasteiger partial charge in [-0.25, -0.2) is 4.99 Å². The number of nitrogens with zero attached hydrogens (tertiary/aromatic N) is 3. The smallest absolute Gasteiger partial charge is 0.191 e. The fourth-order valence-corrected chi connectivity index (χ4v) is 3.78. The summed E-state index contributed by atoms with van der Waals surface area (Å²) in [5.41, 5.74) is 3.93. The zero-order valence-electron chi connectivity index (χ0n) is 16.7. The molecule has 146 valence electrons. The van der Waals surface area contributed by atoms with Crippen molar-refractivity contribution in [3.8, 4) is 0 Å². The summed E-state index contributed by atoms with van der Waals surface area (Å²) in [6, 6.07) is 10.7. The fourth-order valence-electron chi connectivity index (χ4n) is 3.78. The Bertz CT molecular complexity index is 761. The van der Waals surface area contributed by atoms with Gasteiger partial charge < -0.3 is 15.4 Å². The summed E-state index contributed by atoms with van der Waals surface area (Å²) in [6.45, 7) is 8.18. The number of guanidine groups is 1. The predicted molar refractivity (Wildman–Crippen MR) is 109 cm³/mol. The van der Waals surface area contributed by atoms with Crippen molar-refractivity contribution in [3.05, 3.63) is 53.3 Å². The Labute approximate surface area is 162 Å². The van der Waals surface area contributed by atoms with E-state index in [1.807, 2.05) is 17.8 Å². The first kappa shape index (κ1) is 19.4. The molecule has 0 unspecified atom stereocenters. The maximum absolute atomic E-state index is 5.67. The van der Waals surface area contributed by atoms with E-state index in [1.54, 1.807) is 6.20 Å². The quantitative estimate of drug-likeness (QED) is 0.607. The first-order valence-electron chi connectivity index (χ1n) is 9.77. The molecule has 6 heteroatoms. The van der Waals surface area contributed by atoms with Crippen molar-refractivity contribution in [2.75, 3.05) is 26.3 Å². The first-order valence-corrected chi connectivity index (χ1v) is 9.77. The second-order valence-corrected chi connectivity index (χ2v) is 7.20. The largest absolute Gasteiger partial charge is 0.381 e. The summed E-state index contributed by atoms with van der Waals surface area (Å²) in [4.78, 5) is 4.75. The minimum atomic E-state index is 0.0757. The molecule has 1 fully saturated rings. The summed E-state index contributed by atoms with van der Waals surface area (Å²) in [5.74, 6) is 0.846. The Morgan fingerprint density at radius 2 is 2.00 bits per heavy atom. The topological polar surface area (TPSA) is 63.5 Å². The van der Waals surface area contributed by atoms with Crippen LogP contribution in [0.3, 0.4) is 0 Å². The maximum Gasteiger partial charge on any atom is 0.191 e. The molecule has 0 radical (unpaired) electrons. The zero-order chi connectivity index (χ0) is 19.1. The highest BCUT2D eigenvalue weighted by atomic mass is 16.5. The summed E-state index contributed by atoms with van der Waals surface area (Å²) in [5, 5.41) is 11.2. The lowest BCUT2D eigenvalue weighted by Crippen LogP contribution is -2.48. The van der Waals surface area contributed by atoms with Crippen LogP contribution in [0.15, 0.2) is 41.5 Å². The number of nitrogens with one attached hydrogen (secondary N) is 2. The number of aryl methyl sites for hydroxylation is 2. The maximum atomic E-state index is 5.67. The van der Waals surface area contributed by atoms with Crippen LogP contribution in [0.1, 0.15) is 36.6 Å². The molecule has 27 heavy (non-hydrogen) atoms. The third kappa shape index (κ3) is 4.69. The van der Waals surface area contributed by atoms with Gasteiger partial charge in [0, 0.05) is 45.0 Å². The van der Waals surface area contributed by atoms with Crippen LogP contribution in [0.2, 0.25) is 0 Å². The molecule has 2 aromatic rings. The monoisotopic (exact) mass is 369 g/mol. The lowest BCUT2D eigenvalue weighted by atomic mass is 9.72. The lowest BCUT2D eigenvalue weighted by Gasteiger charge is -2.39. The molecule has 2 heterocycles. The van der Waals surface area contributed by atoms with E-state index in [0.29, 0.717) is 6.54 Å². The number of rotatable bonds is 6. The number of hydrogen-bond acceptors (Lipinski definition) is 3. The van der Waals surface area contributed by atoms with E-state index in [0.717, 1.165) is 50.8 Å². The summed E-state index contributed by atoms with van der Waals surface area (Å²) < 4.78 is 7.53. The molecule has 0 bridgehead atoms. The molecule has 1 aromatic carbocycles. The standard InChI is InChI=1S/C21H31N5O/c1-4-22-20(23-15-18-9-12-25-26(18)3)24-16-21(10-13-27-14-11-21)19-8-6-5-7-17(19)2/h5-9,12H,4,10-11,13-16H2,1-3H3,(H2,22,23,24). The second kappa shape index (κ2) is 9.04. The van der Waals surface area contributed by atoms with Crippen LogP contribution in [-0.2, 0) is 23.7 Å². The molecule has 1 saturated heterocycles. The van der Waals surface area contributed by atoms with E-state index in [4.69, 9.17) is 9.73 Å². The summed E-state index contributed by atoms with van der Waals surface area (Å²) in [6.07, 6.45) is 3.85. The molecule has 1 aromatic heterocycles. The molecular formula is C21H31N5O. The molecule has 6 nitrogen and oxygen atoms in total. The van der Waals surface area contributed by atoms with Crippen molar-refractivity contribution in [2.24, 2.45) is 12.0 Å². The van der Waals surface area contributed by atoms with Crippen LogP contribution in [0, 0.1) is 6.92 Å². The van der Waals surface area contributed by atoms with Gasteiger partial charge in [0.25, 0.3) is 0 Å². The van der Waals surface area contributed by atoms with Crippen LogP contribution in [0.4, 0.5) is 0 Å². The van der Waals surface area contributed by atoms with Gasteiger partial charge in [0.1, 0.15) is 0 Å². The normalized spacial score (nSPS) is 16.9.